The van der Waals surface area contributed by atoms with Gasteiger partial charge in [-0.1, -0.05) is 12.1 Å². The van der Waals surface area contributed by atoms with Crippen molar-refractivity contribution in [1.82, 2.24) is 0 Å². The molecule has 1 amide bonds. The Kier molecular flexibility index (Phi) is 4.44. The minimum absolute atomic E-state index is 0.123. The monoisotopic (exact) mass is 381 g/mol. The third-order valence-corrected chi connectivity index (χ3v) is 4.13. The van der Waals surface area contributed by atoms with Gasteiger partial charge in [-0.15, -0.1) is 0 Å². The third kappa shape index (κ3) is 3.39. The second-order valence-electron chi connectivity index (χ2n) is 6.08. The van der Waals surface area contributed by atoms with Gasteiger partial charge in [-0.3, -0.25) is 9.59 Å². The Labute approximate surface area is 158 Å². The van der Waals surface area contributed by atoms with Crippen LogP contribution < -0.4 is 20.2 Å². The van der Waals surface area contributed by atoms with Crippen molar-refractivity contribution in [3.05, 3.63) is 64.5 Å². The van der Waals surface area contributed by atoms with Crippen molar-refractivity contribution in [2.24, 2.45) is 0 Å². The third-order valence-electron chi connectivity index (χ3n) is 4.13. The van der Waals surface area contributed by atoms with Crippen molar-refractivity contribution in [3.63, 3.8) is 0 Å². The van der Waals surface area contributed by atoms with Gasteiger partial charge < -0.3 is 23.9 Å². The molecule has 1 aromatic heterocycles. The maximum absolute atomic E-state index is 12.3. The molecule has 0 saturated heterocycles. The number of ether oxygens (including phenoxy) is 3. The average Bonchev–Trinajstić information content (AvgIpc) is 3.15. The van der Waals surface area contributed by atoms with Crippen molar-refractivity contribution in [2.75, 3.05) is 12.1 Å². The lowest BCUT2D eigenvalue weighted by Crippen LogP contribution is -2.30. The van der Waals surface area contributed by atoms with Crippen molar-refractivity contribution >= 4 is 28.5 Å². The summed E-state index contributed by atoms with van der Waals surface area (Å²) in [6.45, 7) is 1.54. The van der Waals surface area contributed by atoms with Crippen LogP contribution in [-0.4, -0.2) is 24.8 Å². The molecule has 0 unspecified atom stereocenters. The highest BCUT2D eigenvalue weighted by Gasteiger charge is 2.22. The molecule has 0 saturated carbocycles. The predicted octanol–water partition coefficient (Wildman–Crippen LogP) is 2.71. The zero-order valence-corrected chi connectivity index (χ0v) is 14.8. The Balaban J connectivity index is 1.45. The molecule has 1 aliphatic rings. The Morgan fingerprint density at radius 2 is 1.86 bits per heavy atom. The minimum Gasteiger partial charge on any atom is -0.454 e. The van der Waals surface area contributed by atoms with Gasteiger partial charge in [-0.05, 0) is 31.2 Å². The Morgan fingerprint density at radius 1 is 1.07 bits per heavy atom. The molecule has 8 heteroatoms. The number of nitrogens with one attached hydrogen (secondary N) is 1. The van der Waals surface area contributed by atoms with Crippen molar-refractivity contribution in [1.29, 1.82) is 0 Å². The van der Waals surface area contributed by atoms with Gasteiger partial charge in [0, 0.05) is 17.8 Å². The molecule has 1 N–H and O–H groups in total. The van der Waals surface area contributed by atoms with Gasteiger partial charge in [0.25, 0.3) is 5.91 Å². The van der Waals surface area contributed by atoms with E-state index in [1.807, 2.05) is 0 Å². The summed E-state index contributed by atoms with van der Waals surface area (Å²) < 4.78 is 21.0. The molecule has 28 heavy (non-hydrogen) atoms. The van der Waals surface area contributed by atoms with Crippen molar-refractivity contribution in [2.45, 2.75) is 13.0 Å². The summed E-state index contributed by atoms with van der Waals surface area (Å²) in [4.78, 5) is 36.7. The molecule has 0 bridgehead atoms. The maximum Gasteiger partial charge on any atom is 0.375 e. The van der Waals surface area contributed by atoms with Gasteiger partial charge in [-0.25, -0.2) is 4.79 Å². The van der Waals surface area contributed by atoms with Crippen LogP contribution in [0.1, 0.15) is 17.5 Å². The summed E-state index contributed by atoms with van der Waals surface area (Å²) in [6.07, 6.45) is -1.12. The smallest absolute Gasteiger partial charge is 0.375 e. The molecule has 1 atom stereocenters. The standard InChI is InChI=1S/C20H15NO7/c1-11(19(23)21-12-6-7-16-17(8-12)26-10-25-16)27-20(24)18-9-14(22)13-4-2-3-5-15(13)28-18/h2-9,11H,10H2,1H3,(H,21,23)/t11-/m1/s1. The highest BCUT2D eigenvalue weighted by Crippen LogP contribution is 2.34. The first-order valence-electron chi connectivity index (χ1n) is 8.45. The van der Waals surface area contributed by atoms with Gasteiger partial charge in [-0.2, -0.15) is 0 Å². The Bertz CT molecular complexity index is 1130. The average molecular weight is 381 g/mol. The number of para-hydroxylation sites is 1. The van der Waals surface area contributed by atoms with Crippen LogP contribution in [-0.2, 0) is 9.53 Å². The van der Waals surface area contributed by atoms with E-state index in [0.717, 1.165) is 6.07 Å². The lowest BCUT2D eigenvalue weighted by atomic mass is 10.2. The minimum atomic E-state index is -1.12. The number of rotatable bonds is 4. The van der Waals surface area contributed by atoms with E-state index in [-0.39, 0.29) is 23.6 Å². The van der Waals surface area contributed by atoms with E-state index in [9.17, 15) is 14.4 Å². The number of esters is 1. The summed E-state index contributed by atoms with van der Waals surface area (Å²) in [5.41, 5.74) is 0.361. The number of anilines is 1. The van der Waals surface area contributed by atoms with Gasteiger partial charge in [0.2, 0.25) is 12.6 Å². The van der Waals surface area contributed by atoms with E-state index >= 15 is 0 Å². The maximum atomic E-state index is 12.3. The number of benzene rings is 2. The molecule has 1 aliphatic heterocycles. The van der Waals surface area contributed by atoms with E-state index in [4.69, 9.17) is 18.6 Å². The van der Waals surface area contributed by atoms with Gasteiger partial charge in [0.1, 0.15) is 5.58 Å². The van der Waals surface area contributed by atoms with Crippen LogP contribution in [0.25, 0.3) is 11.0 Å². The van der Waals surface area contributed by atoms with Gasteiger partial charge >= 0.3 is 5.97 Å². The molecule has 2 heterocycles. The molecule has 3 aromatic rings. The summed E-state index contributed by atoms with van der Waals surface area (Å²) in [5.74, 6) is -0.623. The molecule has 4 rings (SSSR count). The van der Waals surface area contributed by atoms with Crippen LogP contribution in [0.2, 0.25) is 0 Å². The predicted molar refractivity (Wildman–Crippen MR) is 98.6 cm³/mol. The molecular weight excluding hydrogens is 366 g/mol. The second kappa shape index (κ2) is 7.07. The Hall–Kier alpha value is -3.81. The fraction of sp³-hybridized carbons (Fsp3) is 0.150. The Morgan fingerprint density at radius 3 is 2.71 bits per heavy atom. The van der Waals surface area contributed by atoms with E-state index in [0.29, 0.717) is 22.6 Å². The number of fused-ring (bicyclic) bond motifs is 2. The number of amides is 1. The zero-order valence-electron chi connectivity index (χ0n) is 14.8. The van der Waals surface area contributed by atoms with E-state index < -0.39 is 18.0 Å². The highest BCUT2D eigenvalue weighted by molar-refractivity contribution is 5.97. The van der Waals surface area contributed by atoms with Crippen LogP contribution in [0.3, 0.4) is 0 Å². The molecule has 0 fully saturated rings. The van der Waals surface area contributed by atoms with Gasteiger partial charge in [0.15, 0.2) is 23.0 Å². The van der Waals surface area contributed by atoms with Crippen LogP contribution in [0.4, 0.5) is 5.69 Å². The van der Waals surface area contributed by atoms with Crippen LogP contribution in [0.15, 0.2) is 57.7 Å². The lowest BCUT2D eigenvalue weighted by molar-refractivity contribution is -0.123. The van der Waals surface area contributed by atoms with Crippen LogP contribution >= 0.6 is 0 Å². The number of hydrogen-bond acceptors (Lipinski definition) is 7. The molecular formula is C20H15NO7. The van der Waals surface area contributed by atoms with Crippen molar-refractivity contribution in [3.8, 4) is 11.5 Å². The van der Waals surface area contributed by atoms with Crippen LogP contribution in [0, 0.1) is 0 Å². The number of hydrogen-bond donors (Lipinski definition) is 1. The largest absolute Gasteiger partial charge is 0.454 e. The molecule has 8 nitrogen and oxygen atoms in total. The lowest BCUT2D eigenvalue weighted by Gasteiger charge is -2.13. The molecule has 2 aromatic carbocycles. The van der Waals surface area contributed by atoms with Crippen LogP contribution in [0.5, 0.6) is 11.5 Å². The summed E-state index contributed by atoms with van der Waals surface area (Å²) in [7, 11) is 0. The first-order valence-corrected chi connectivity index (χ1v) is 8.45. The van der Waals surface area contributed by atoms with Gasteiger partial charge in [0.05, 0.1) is 5.39 Å². The second-order valence-corrected chi connectivity index (χ2v) is 6.08. The first-order chi connectivity index (χ1) is 13.5. The van der Waals surface area contributed by atoms with E-state index in [1.54, 1.807) is 42.5 Å². The molecule has 0 aliphatic carbocycles. The number of carbonyl (C=O) groups excluding carboxylic acids is 2. The van der Waals surface area contributed by atoms with E-state index in [2.05, 4.69) is 5.32 Å². The molecule has 0 spiro atoms. The summed E-state index contributed by atoms with van der Waals surface area (Å²) in [5, 5.41) is 2.98. The fourth-order valence-electron chi connectivity index (χ4n) is 2.69. The SMILES string of the molecule is C[C@@H](OC(=O)c1cc(=O)c2ccccc2o1)C(=O)Nc1ccc2c(c1)OCO2. The highest BCUT2D eigenvalue weighted by atomic mass is 16.7. The fourth-order valence-corrected chi connectivity index (χ4v) is 2.69. The molecule has 142 valence electrons. The quantitative estimate of drug-likeness (QED) is 0.693. The number of carbonyl (C=O) groups is 2. The summed E-state index contributed by atoms with van der Waals surface area (Å²) in [6, 6.07) is 12.5. The molecule has 0 radical (unpaired) electrons. The normalized spacial score (nSPS) is 13.2. The van der Waals surface area contributed by atoms with E-state index in [1.165, 1.54) is 6.92 Å². The first kappa shape index (κ1) is 17.6. The summed E-state index contributed by atoms with van der Waals surface area (Å²) >= 11 is 0. The zero-order chi connectivity index (χ0) is 19.7. The topological polar surface area (TPSA) is 104 Å². The van der Waals surface area contributed by atoms with Crippen molar-refractivity contribution < 1.29 is 28.2 Å².